The number of pyridine rings is 2. The lowest BCUT2D eigenvalue weighted by molar-refractivity contribution is 0.218. The van der Waals surface area contributed by atoms with Gasteiger partial charge in [0.25, 0.3) is 0 Å². The van der Waals surface area contributed by atoms with Crippen molar-refractivity contribution in [3.63, 3.8) is 0 Å². The molecule has 5 rings (SSSR count). The molecule has 0 bridgehead atoms. The summed E-state index contributed by atoms with van der Waals surface area (Å²) >= 11 is 1.42. The Kier molecular flexibility index (Phi) is 5.93. The molecule has 4 aromatic heterocycles. The zero-order chi connectivity index (χ0) is 22.2. The van der Waals surface area contributed by atoms with Gasteiger partial charge in [0.2, 0.25) is 0 Å². The molecule has 0 aliphatic heterocycles. The molecule has 0 amide bonds. The summed E-state index contributed by atoms with van der Waals surface area (Å²) in [7, 11) is 0.386. The molecule has 0 radical (unpaired) electrons. The first-order chi connectivity index (χ1) is 15.6. The number of thiophene rings is 1. The number of hydrogen-bond acceptors (Lipinski definition) is 8. The van der Waals surface area contributed by atoms with Gasteiger partial charge in [0, 0.05) is 35.8 Å². The van der Waals surface area contributed by atoms with Gasteiger partial charge in [-0.1, -0.05) is 6.42 Å². The fourth-order valence-electron chi connectivity index (χ4n) is 4.06. The number of fused-ring (bicyclic) bond motifs is 2. The summed E-state index contributed by atoms with van der Waals surface area (Å²) in [5.41, 5.74) is 10.7. The number of rotatable bonds is 8. The van der Waals surface area contributed by atoms with Crippen molar-refractivity contribution < 1.29 is 14.1 Å². The molecule has 1 fully saturated rings. The average molecular weight is 472 g/mol. The van der Waals surface area contributed by atoms with E-state index in [-0.39, 0.29) is 6.61 Å². The minimum absolute atomic E-state index is 0.0255. The van der Waals surface area contributed by atoms with Gasteiger partial charge < -0.3 is 15.6 Å². The van der Waals surface area contributed by atoms with E-state index in [0.717, 1.165) is 39.7 Å². The van der Waals surface area contributed by atoms with Crippen LogP contribution in [0.25, 0.3) is 32.5 Å². The molecule has 4 heterocycles. The minimum Gasteiger partial charge on any atom is -0.396 e. The fourth-order valence-corrected chi connectivity index (χ4v) is 6.63. The van der Waals surface area contributed by atoms with E-state index in [0.29, 0.717) is 40.4 Å². The lowest BCUT2D eigenvalue weighted by atomic mass is 9.79. The van der Waals surface area contributed by atoms with Crippen LogP contribution in [0, 0.1) is 0 Å². The predicted molar refractivity (Wildman–Crippen MR) is 127 cm³/mol. The molecule has 1 saturated carbocycles. The third-order valence-corrected chi connectivity index (χ3v) is 8.82. The Labute approximate surface area is 191 Å². The van der Waals surface area contributed by atoms with E-state index in [1.54, 1.807) is 18.0 Å². The van der Waals surface area contributed by atoms with Gasteiger partial charge in [-0.3, -0.25) is 8.89 Å². The van der Waals surface area contributed by atoms with Crippen molar-refractivity contribution >= 4 is 49.1 Å². The average Bonchev–Trinajstić information content (AvgIpc) is 3.30. The normalized spacial score (nSPS) is 15.4. The SMILES string of the molecule is COCCS(=O)c1sc2nc(-c3cnc4nn(CCO)cc4c3)cc(C3CCC3)c2c1N. The Morgan fingerprint density at radius 2 is 2.22 bits per heavy atom. The molecule has 8 nitrogen and oxygen atoms in total. The highest BCUT2D eigenvalue weighted by Gasteiger charge is 2.27. The summed E-state index contributed by atoms with van der Waals surface area (Å²) in [6, 6.07) is 4.15. The zero-order valence-electron chi connectivity index (χ0n) is 17.8. The first-order valence-corrected chi connectivity index (χ1v) is 12.8. The van der Waals surface area contributed by atoms with Crippen LogP contribution in [0.15, 0.2) is 28.7 Å². The third-order valence-electron chi connectivity index (χ3n) is 5.95. The summed E-state index contributed by atoms with van der Waals surface area (Å²) in [6.45, 7) is 0.876. The Morgan fingerprint density at radius 1 is 1.38 bits per heavy atom. The summed E-state index contributed by atoms with van der Waals surface area (Å²) in [5.74, 6) is 0.859. The summed E-state index contributed by atoms with van der Waals surface area (Å²) in [5, 5.41) is 15.4. The van der Waals surface area contributed by atoms with E-state index >= 15 is 0 Å². The molecule has 1 atom stereocenters. The molecule has 0 spiro atoms. The number of nitrogen functional groups attached to an aromatic ring is 1. The van der Waals surface area contributed by atoms with E-state index in [9.17, 15) is 9.32 Å². The number of aliphatic hydroxyl groups excluding tert-OH is 1. The van der Waals surface area contributed by atoms with Gasteiger partial charge in [0.15, 0.2) is 5.65 Å². The first-order valence-electron chi connectivity index (χ1n) is 10.6. The second-order valence-electron chi connectivity index (χ2n) is 8.00. The third kappa shape index (κ3) is 3.81. The maximum Gasteiger partial charge on any atom is 0.181 e. The van der Waals surface area contributed by atoms with Crippen LogP contribution in [0.1, 0.15) is 30.7 Å². The minimum atomic E-state index is -1.22. The van der Waals surface area contributed by atoms with Crippen LogP contribution in [-0.2, 0) is 22.1 Å². The number of methoxy groups -OCH3 is 1. The lowest BCUT2D eigenvalue weighted by Crippen LogP contribution is -2.10. The molecule has 3 N–H and O–H groups in total. The van der Waals surface area contributed by atoms with Gasteiger partial charge in [0.05, 0.1) is 47.7 Å². The predicted octanol–water partition coefficient (Wildman–Crippen LogP) is 3.30. The van der Waals surface area contributed by atoms with Gasteiger partial charge >= 0.3 is 0 Å². The van der Waals surface area contributed by atoms with Crippen LogP contribution >= 0.6 is 11.3 Å². The largest absolute Gasteiger partial charge is 0.396 e. The van der Waals surface area contributed by atoms with Gasteiger partial charge in [-0.25, -0.2) is 9.97 Å². The monoisotopic (exact) mass is 471 g/mol. The van der Waals surface area contributed by atoms with E-state index in [2.05, 4.69) is 16.1 Å². The van der Waals surface area contributed by atoms with Crippen molar-refractivity contribution in [2.75, 3.05) is 31.8 Å². The second-order valence-corrected chi connectivity index (χ2v) is 10.8. The molecule has 0 aromatic carbocycles. The number of hydrogen-bond donors (Lipinski definition) is 2. The van der Waals surface area contributed by atoms with E-state index < -0.39 is 10.8 Å². The first kappa shape index (κ1) is 21.4. The van der Waals surface area contributed by atoms with Crippen LogP contribution in [0.4, 0.5) is 5.69 Å². The van der Waals surface area contributed by atoms with E-state index in [1.807, 2.05) is 12.3 Å². The van der Waals surface area contributed by atoms with Gasteiger partial charge in [0.1, 0.15) is 9.04 Å². The molecule has 0 saturated heterocycles. The molecule has 1 aliphatic carbocycles. The number of nitrogens with zero attached hydrogens (tertiary/aromatic N) is 4. The van der Waals surface area contributed by atoms with Crippen LogP contribution in [0.2, 0.25) is 0 Å². The van der Waals surface area contributed by atoms with Crippen LogP contribution in [0.5, 0.6) is 0 Å². The molecule has 10 heteroatoms. The smallest absolute Gasteiger partial charge is 0.181 e. The standard InChI is InChI=1S/C22H25N5O3S2/c1-30-7-8-32(29)22-19(23)18-16(13-3-2-4-13)10-17(25-21(18)31-22)14-9-15-12-27(5-6-28)26-20(15)24-11-14/h9-13,28H,2-8,23H2,1H3. The number of anilines is 1. The number of aliphatic hydroxyl groups is 1. The highest BCUT2D eigenvalue weighted by molar-refractivity contribution is 7.87. The Balaban J connectivity index is 1.62. The van der Waals surface area contributed by atoms with Crippen molar-refractivity contribution in [1.82, 2.24) is 19.7 Å². The summed E-state index contributed by atoms with van der Waals surface area (Å²) in [6.07, 6.45) is 7.12. The van der Waals surface area contributed by atoms with Crippen molar-refractivity contribution in [2.45, 2.75) is 35.9 Å². The van der Waals surface area contributed by atoms with Crippen molar-refractivity contribution in [3.05, 3.63) is 30.1 Å². The van der Waals surface area contributed by atoms with Gasteiger partial charge in [-0.2, -0.15) is 5.10 Å². The van der Waals surface area contributed by atoms with Gasteiger partial charge in [-0.15, -0.1) is 11.3 Å². The highest BCUT2D eigenvalue weighted by atomic mass is 32.2. The van der Waals surface area contributed by atoms with Crippen LogP contribution in [0.3, 0.4) is 0 Å². The molecule has 32 heavy (non-hydrogen) atoms. The maximum absolute atomic E-state index is 12.8. The maximum atomic E-state index is 12.8. The molecule has 168 valence electrons. The van der Waals surface area contributed by atoms with Crippen LogP contribution in [-0.4, -0.2) is 55.1 Å². The molecular formula is C22H25N5O3S2. The van der Waals surface area contributed by atoms with Crippen molar-refractivity contribution in [2.24, 2.45) is 0 Å². The number of aromatic nitrogens is 4. The van der Waals surface area contributed by atoms with E-state index in [1.165, 1.54) is 23.3 Å². The van der Waals surface area contributed by atoms with Crippen molar-refractivity contribution in [3.8, 4) is 11.3 Å². The highest BCUT2D eigenvalue weighted by Crippen LogP contribution is 2.46. The molecule has 1 unspecified atom stereocenters. The zero-order valence-corrected chi connectivity index (χ0v) is 19.4. The topological polar surface area (TPSA) is 116 Å². The van der Waals surface area contributed by atoms with E-state index in [4.69, 9.17) is 15.5 Å². The Hall–Kier alpha value is -2.40. The molecule has 1 aliphatic rings. The molecular weight excluding hydrogens is 446 g/mol. The summed E-state index contributed by atoms with van der Waals surface area (Å²) in [4.78, 5) is 10.2. The van der Waals surface area contributed by atoms with Crippen LogP contribution < -0.4 is 5.73 Å². The Bertz CT molecular complexity index is 1310. The lowest BCUT2D eigenvalue weighted by Gasteiger charge is -2.27. The van der Waals surface area contributed by atoms with Gasteiger partial charge in [-0.05, 0) is 36.5 Å². The molecule has 4 aromatic rings. The second kappa shape index (κ2) is 8.86. The quantitative estimate of drug-likeness (QED) is 0.405. The number of nitrogens with two attached hydrogens (primary N) is 1. The summed E-state index contributed by atoms with van der Waals surface area (Å²) < 4.78 is 20.3. The van der Waals surface area contributed by atoms with Crippen molar-refractivity contribution in [1.29, 1.82) is 0 Å². The Morgan fingerprint density at radius 3 is 2.94 bits per heavy atom. The fraction of sp³-hybridized carbons (Fsp3) is 0.409. The number of ether oxygens (including phenoxy) is 1.